The summed E-state index contributed by atoms with van der Waals surface area (Å²) in [5.41, 5.74) is 7.32. The fourth-order valence-corrected chi connectivity index (χ4v) is 3.38. The molecule has 100 valence electrons. The molecular formula is C15H24N2O. The molecule has 3 nitrogen and oxygen atoms in total. The molecule has 0 radical (unpaired) electrons. The van der Waals surface area contributed by atoms with E-state index in [2.05, 4.69) is 17.9 Å². The number of hydrogen-bond acceptors (Lipinski definition) is 3. The molecule has 0 bridgehead atoms. The van der Waals surface area contributed by atoms with E-state index < -0.39 is 0 Å². The molecule has 1 aliphatic carbocycles. The second kappa shape index (κ2) is 5.06. The van der Waals surface area contributed by atoms with Crippen molar-refractivity contribution in [1.29, 1.82) is 0 Å². The highest BCUT2D eigenvalue weighted by molar-refractivity contribution is 5.20. The van der Waals surface area contributed by atoms with Crippen molar-refractivity contribution in [2.45, 2.75) is 51.1 Å². The predicted molar refractivity (Wildman–Crippen MR) is 72.3 cm³/mol. The molecule has 0 aromatic carbocycles. The molecule has 1 aromatic rings. The third kappa shape index (κ3) is 2.21. The Kier molecular flexibility index (Phi) is 3.44. The zero-order valence-corrected chi connectivity index (χ0v) is 11.3. The Morgan fingerprint density at radius 1 is 1.33 bits per heavy atom. The first-order valence-electron chi connectivity index (χ1n) is 7.31. The molecule has 3 heteroatoms. The molecule has 3 rings (SSSR count). The number of nitrogens with zero attached hydrogens (tertiary/aromatic N) is 1. The summed E-state index contributed by atoms with van der Waals surface area (Å²) in [6, 6.07) is 3.28. The number of likely N-dealkylation sites (tertiary alicyclic amines) is 1. The van der Waals surface area contributed by atoms with E-state index in [1.54, 1.807) is 0 Å². The van der Waals surface area contributed by atoms with Crippen molar-refractivity contribution in [3.63, 3.8) is 0 Å². The van der Waals surface area contributed by atoms with Crippen LogP contribution in [0.1, 0.15) is 49.5 Å². The Morgan fingerprint density at radius 3 is 2.78 bits per heavy atom. The summed E-state index contributed by atoms with van der Waals surface area (Å²) in [4.78, 5) is 2.68. The summed E-state index contributed by atoms with van der Waals surface area (Å²) in [7, 11) is 0. The molecule has 0 amide bonds. The molecule has 0 spiro atoms. The Bertz CT molecular complexity index is 397. The van der Waals surface area contributed by atoms with E-state index in [1.807, 2.05) is 6.26 Å². The zero-order valence-electron chi connectivity index (χ0n) is 11.3. The van der Waals surface area contributed by atoms with Gasteiger partial charge in [0.05, 0.1) is 12.3 Å². The second-order valence-electron chi connectivity index (χ2n) is 5.87. The standard InChI is InChI=1S/C15H24N2O/c1-11-7-9-18-15(11)14-12(10-16)4-2-3-8-17(14)13-5-6-13/h7,9,12-14H,2-6,8,10,16H2,1H3. The normalized spacial score (nSPS) is 30.3. The largest absolute Gasteiger partial charge is 0.467 e. The molecule has 2 fully saturated rings. The maximum absolute atomic E-state index is 6.03. The summed E-state index contributed by atoms with van der Waals surface area (Å²) in [5, 5.41) is 0. The van der Waals surface area contributed by atoms with E-state index in [4.69, 9.17) is 10.2 Å². The van der Waals surface area contributed by atoms with Gasteiger partial charge in [0.1, 0.15) is 5.76 Å². The number of rotatable bonds is 3. The summed E-state index contributed by atoms with van der Waals surface area (Å²) >= 11 is 0. The van der Waals surface area contributed by atoms with Crippen molar-refractivity contribution < 1.29 is 4.42 Å². The van der Waals surface area contributed by atoms with Gasteiger partial charge in [0.2, 0.25) is 0 Å². The molecule has 2 atom stereocenters. The lowest BCUT2D eigenvalue weighted by Gasteiger charge is -2.33. The van der Waals surface area contributed by atoms with E-state index in [0.717, 1.165) is 12.6 Å². The van der Waals surface area contributed by atoms with Crippen molar-refractivity contribution in [3.8, 4) is 0 Å². The Hall–Kier alpha value is -0.800. The molecule has 1 saturated carbocycles. The van der Waals surface area contributed by atoms with Gasteiger partial charge in [-0.2, -0.15) is 0 Å². The van der Waals surface area contributed by atoms with Gasteiger partial charge in [-0.1, -0.05) is 6.42 Å². The highest BCUT2D eigenvalue weighted by Gasteiger charge is 2.40. The van der Waals surface area contributed by atoms with Crippen LogP contribution < -0.4 is 5.73 Å². The van der Waals surface area contributed by atoms with Crippen LogP contribution in [0.25, 0.3) is 0 Å². The number of nitrogens with two attached hydrogens (primary N) is 1. The van der Waals surface area contributed by atoms with Crippen LogP contribution in [0.15, 0.2) is 16.7 Å². The third-order valence-corrected chi connectivity index (χ3v) is 4.53. The van der Waals surface area contributed by atoms with Gasteiger partial charge in [-0.3, -0.25) is 4.90 Å². The quantitative estimate of drug-likeness (QED) is 0.894. The molecule has 1 aromatic heterocycles. The van der Waals surface area contributed by atoms with Crippen molar-refractivity contribution in [1.82, 2.24) is 4.90 Å². The molecule has 2 aliphatic rings. The summed E-state index contributed by atoms with van der Waals surface area (Å²) in [5.74, 6) is 1.72. The lowest BCUT2D eigenvalue weighted by molar-refractivity contribution is 0.127. The number of aryl methyl sites for hydroxylation is 1. The van der Waals surface area contributed by atoms with Crippen molar-refractivity contribution in [2.24, 2.45) is 11.7 Å². The lowest BCUT2D eigenvalue weighted by Crippen LogP contribution is -2.37. The van der Waals surface area contributed by atoms with Crippen LogP contribution in [-0.4, -0.2) is 24.0 Å². The first-order chi connectivity index (χ1) is 8.81. The van der Waals surface area contributed by atoms with Crippen LogP contribution in [0.4, 0.5) is 0 Å². The van der Waals surface area contributed by atoms with Gasteiger partial charge in [-0.05, 0) is 63.2 Å². The van der Waals surface area contributed by atoms with Crippen LogP contribution in [-0.2, 0) is 0 Å². The smallest absolute Gasteiger partial charge is 0.124 e. The fourth-order valence-electron chi connectivity index (χ4n) is 3.38. The van der Waals surface area contributed by atoms with Gasteiger partial charge in [0.15, 0.2) is 0 Å². The summed E-state index contributed by atoms with van der Waals surface area (Å²) < 4.78 is 5.80. The molecule has 2 N–H and O–H groups in total. The minimum absolute atomic E-state index is 0.417. The van der Waals surface area contributed by atoms with Crippen LogP contribution in [0.3, 0.4) is 0 Å². The SMILES string of the molecule is Cc1ccoc1C1C(CN)CCCCN1C1CC1. The zero-order chi connectivity index (χ0) is 12.5. The van der Waals surface area contributed by atoms with Gasteiger partial charge in [0, 0.05) is 6.04 Å². The monoisotopic (exact) mass is 248 g/mol. The molecule has 2 unspecified atom stereocenters. The van der Waals surface area contributed by atoms with Crippen molar-refractivity contribution >= 4 is 0 Å². The Morgan fingerprint density at radius 2 is 2.17 bits per heavy atom. The van der Waals surface area contributed by atoms with Crippen molar-refractivity contribution in [2.75, 3.05) is 13.1 Å². The fraction of sp³-hybridized carbons (Fsp3) is 0.733. The highest BCUT2D eigenvalue weighted by atomic mass is 16.3. The third-order valence-electron chi connectivity index (χ3n) is 4.53. The van der Waals surface area contributed by atoms with Gasteiger partial charge < -0.3 is 10.2 Å². The molecule has 2 heterocycles. The van der Waals surface area contributed by atoms with E-state index in [0.29, 0.717) is 12.0 Å². The maximum atomic E-state index is 6.03. The average molecular weight is 248 g/mol. The first kappa shape index (κ1) is 12.2. The van der Waals surface area contributed by atoms with E-state index in [1.165, 1.54) is 50.0 Å². The molecule has 1 aliphatic heterocycles. The second-order valence-corrected chi connectivity index (χ2v) is 5.87. The summed E-state index contributed by atoms with van der Waals surface area (Å²) in [6.45, 7) is 4.14. The minimum Gasteiger partial charge on any atom is -0.467 e. The van der Waals surface area contributed by atoms with Crippen LogP contribution >= 0.6 is 0 Å². The van der Waals surface area contributed by atoms with E-state index in [9.17, 15) is 0 Å². The summed E-state index contributed by atoms with van der Waals surface area (Å²) in [6.07, 6.45) is 8.39. The molecular weight excluding hydrogens is 224 g/mol. The predicted octanol–water partition coefficient (Wildman–Crippen LogP) is 2.85. The van der Waals surface area contributed by atoms with Crippen molar-refractivity contribution in [3.05, 3.63) is 23.7 Å². The van der Waals surface area contributed by atoms with Crippen LogP contribution in [0, 0.1) is 12.8 Å². The van der Waals surface area contributed by atoms with Gasteiger partial charge in [-0.25, -0.2) is 0 Å². The lowest BCUT2D eigenvalue weighted by atomic mass is 9.91. The topological polar surface area (TPSA) is 42.4 Å². The Labute approximate surface area is 109 Å². The molecule has 18 heavy (non-hydrogen) atoms. The Balaban J connectivity index is 1.93. The van der Waals surface area contributed by atoms with Crippen LogP contribution in [0.5, 0.6) is 0 Å². The molecule has 1 saturated heterocycles. The number of furan rings is 1. The minimum atomic E-state index is 0.417. The van der Waals surface area contributed by atoms with E-state index in [-0.39, 0.29) is 0 Å². The van der Waals surface area contributed by atoms with Gasteiger partial charge in [-0.15, -0.1) is 0 Å². The van der Waals surface area contributed by atoms with Gasteiger partial charge in [0.25, 0.3) is 0 Å². The van der Waals surface area contributed by atoms with E-state index >= 15 is 0 Å². The highest BCUT2D eigenvalue weighted by Crippen LogP contribution is 2.42. The average Bonchev–Trinajstić information content (AvgIpc) is 3.15. The number of hydrogen-bond donors (Lipinski definition) is 1. The maximum Gasteiger partial charge on any atom is 0.124 e. The first-order valence-corrected chi connectivity index (χ1v) is 7.31. The van der Waals surface area contributed by atoms with Crippen LogP contribution in [0.2, 0.25) is 0 Å². The van der Waals surface area contributed by atoms with Gasteiger partial charge >= 0.3 is 0 Å².